The van der Waals surface area contributed by atoms with Gasteiger partial charge in [0.25, 0.3) is 0 Å². The van der Waals surface area contributed by atoms with Crippen molar-refractivity contribution in [1.29, 1.82) is 0 Å². The quantitative estimate of drug-likeness (QED) is 0.190. The van der Waals surface area contributed by atoms with Crippen molar-refractivity contribution in [1.82, 2.24) is 0 Å². The second-order valence-electron chi connectivity index (χ2n) is 16.2. The smallest absolute Gasteiger partial charge is 0.0540 e. The number of fused-ring (bicyclic) bond motifs is 7. The highest BCUT2D eigenvalue weighted by Crippen LogP contribution is 2.69. The Labute approximate surface area is 284 Å². The van der Waals surface area contributed by atoms with E-state index in [0.717, 1.165) is 23.7 Å². The van der Waals surface area contributed by atoms with Gasteiger partial charge in [-0.15, -0.1) is 0 Å². The lowest BCUT2D eigenvalue weighted by Gasteiger charge is -2.61. The Morgan fingerprint density at radius 2 is 1.06 bits per heavy atom. The van der Waals surface area contributed by atoms with Gasteiger partial charge in [0.05, 0.1) is 5.69 Å². The average molecular weight is 620 g/mol. The predicted octanol–water partition coefficient (Wildman–Crippen LogP) is 12.3. The van der Waals surface area contributed by atoms with Gasteiger partial charge in [-0.2, -0.15) is 0 Å². The van der Waals surface area contributed by atoms with Crippen LogP contribution in [-0.4, -0.2) is 0 Å². The molecule has 6 aliphatic carbocycles. The summed E-state index contributed by atoms with van der Waals surface area (Å²) in [7, 11) is 0. The standard InChI is InChI=1S/C47H41N/c1-46(2)41-15-7-5-13-37(41)39-20-18-35(28-44(39)46)48(45-17-9-11-31-10-3-4-12-36(31)45)34-19-21-43-40(27-34)38-14-6-8-16-42(38)47(43)32-23-29-22-30(25-32)26-33(47)24-29/h3-21,27-30,32-33H,22-26H2,1-2H3. The van der Waals surface area contributed by atoms with Gasteiger partial charge in [-0.3, -0.25) is 0 Å². The molecule has 12 rings (SSSR count). The molecular formula is C47H41N. The van der Waals surface area contributed by atoms with Gasteiger partial charge in [0, 0.05) is 27.6 Å². The van der Waals surface area contributed by atoms with Crippen LogP contribution in [0.25, 0.3) is 33.0 Å². The van der Waals surface area contributed by atoms with Crippen molar-refractivity contribution in [3.05, 3.63) is 150 Å². The zero-order chi connectivity index (χ0) is 31.8. The van der Waals surface area contributed by atoms with Crippen molar-refractivity contribution in [2.45, 2.75) is 56.8 Å². The summed E-state index contributed by atoms with van der Waals surface area (Å²) in [5.41, 5.74) is 15.6. The van der Waals surface area contributed by atoms with E-state index in [1.54, 1.807) is 11.1 Å². The minimum absolute atomic E-state index is 0.0604. The largest absolute Gasteiger partial charge is 0.310 e. The van der Waals surface area contributed by atoms with Crippen LogP contribution in [0.4, 0.5) is 17.1 Å². The molecule has 6 aromatic carbocycles. The van der Waals surface area contributed by atoms with Crippen molar-refractivity contribution in [2.24, 2.45) is 23.7 Å². The normalized spacial score (nSPS) is 26.4. The van der Waals surface area contributed by atoms with Crippen LogP contribution in [0.3, 0.4) is 0 Å². The molecule has 1 heteroatoms. The van der Waals surface area contributed by atoms with Crippen LogP contribution in [0.5, 0.6) is 0 Å². The lowest BCUT2D eigenvalue weighted by molar-refractivity contribution is -0.0399. The Hall–Kier alpha value is -4.62. The summed E-state index contributed by atoms with van der Waals surface area (Å²) >= 11 is 0. The minimum Gasteiger partial charge on any atom is -0.310 e. The Bertz CT molecular complexity index is 2270. The van der Waals surface area contributed by atoms with Gasteiger partial charge < -0.3 is 4.90 Å². The van der Waals surface area contributed by atoms with Crippen LogP contribution < -0.4 is 4.90 Å². The average Bonchev–Trinajstić information content (AvgIpc) is 3.53. The Balaban J connectivity index is 1.14. The van der Waals surface area contributed by atoms with Crippen molar-refractivity contribution in [3.8, 4) is 22.3 Å². The number of benzene rings is 6. The third kappa shape index (κ3) is 3.42. The molecular weight excluding hydrogens is 579 g/mol. The van der Waals surface area contributed by atoms with E-state index in [2.05, 4.69) is 146 Å². The van der Waals surface area contributed by atoms with Crippen molar-refractivity contribution >= 4 is 27.8 Å². The molecule has 4 saturated carbocycles. The number of nitrogens with zero attached hydrogens (tertiary/aromatic N) is 1. The molecule has 0 radical (unpaired) electrons. The molecule has 48 heavy (non-hydrogen) atoms. The van der Waals surface area contributed by atoms with Gasteiger partial charge in [0.2, 0.25) is 0 Å². The topological polar surface area (TPSA) is 3.24 Å². The van der Waals surface area contributed by atoms with E-state index in [1.807, 2.05) is 0 Å². The highest BCUT2D eigenvalue weighted by atomic mass is 15.1. The molecule has 0 saturated heterocycles. The molecule has 6 aliphatic rings. The zero-order valence-electron chi connectivity index (χ0n) is 27.9. The molecule has 4 bridgehead atoms. The minimum atomic E-state index is -0.0604. The lowest BCUT2D eigenvalue weighted by Crippen LogP contribution is -2.55. The monoisotopic (exact) mass is 619 g/mol. The van der Waals surface area contributed by atoms with Crippen LogP contribution in [-0.2, 0) is 10.8 Å². The second-order valence-corrected chi connectivity index (χ2v) is 16.2. The van der Waals surface area contributed by atoms with Gasteiger partial charge in [-0.25, -0.2) is 0 Å². The molecule has 0 heterocycles. The van der Waals surface area contributed by atoms with E-state index in [4.69, 9.17) is 0 Å². The van der Waals surface area contributed by atoms with Crippen molar-refractivity contribution < 1.29 is 0 Å². The number of rotatable bonds is 3. The SMILES string of the molecule is CC1(C)c2ccccc2-c2ccc(N(c3ccc4c(c3)-c3ccccc3C43C4CC5CC(C4)CC3C5)c3cccc4ccccc34)cc21. The molecule has 0 aromatic heterocycles. The molecule has 0 unspecified atom stereocenters. The maximum Gasteiger partial charge on any atom is 0.0540 e. The molecule has 0 N–H and O–H groups in total. The number of hydrogen-bond donors (Lipinski definition) is 0. The molecule has 6 aromatic rings. The van der Waals surface area contributed by atoms with Crippen molar-refractivity contribution in [2.75, 3.05) is 4.90 Å². The molecule has 4 fully saturated rings. The zero-order valence-corrected chi connectivity index (χ0v) is 27.9. The fourth-order valence-electron chi connectivity index (χ4n) is 11.9. The number of anilines is 3. The summed E-state index contributed by atoms with van der Waals surface area (Å²) in [5.74, 6) is 3.45. The highest BCUT2D eigenvalue weighted by Gasteiger charge is 2.61. The van der Waals surface area contributed by atoms with Crippen LogP contribution in [0.1, 0.15) is 68.2 Å². The summed E-state index contributed by atoms with van der Waals surface area (Å²) in [6, 6.07) is 49.0. The summed E-state index contributed by atoms with van der Waals surface area (Å²) in [6.45, 7) is 4.78. The maximum absolute atomic E-state index is 2.57. The highest BCUT2D eigenvalue weighted by molar-refractivity contribution is 6.00. The molecule has 1 spiro atoms. The second kappa shape index (κ2) is 9.50. The van der Waals surface area contributed by atoms with Gasteiger partial charge in [0.1, 0.15) is 0 Å². The van der Waals surface area contributed by atoms with Gasteiger partial charge in [-0.05, 0) is 136 Å². The summed E-state index contributed by atoms with van der Waals surface area (Å²) in [5, 5.41) is 2.55. The van der Waals surface area contributed by atoms with Gasteiger partial charge in [-0.1, -0.05) is 111 Å². The van der Waals surface area contributed by atoms with Crippen LogP contribution in [0, 0.1) is 23.7 Å². The maximum atomic E-state index is 2.57. The Morgan fingerprint density at radius 3 is 1.85 bits per heavy atom. The molecule has 0 amide bonds. The molecule has 0 aliphatic heterocycles. The van der Waals surface area contributed by atoms with E-state index >= 15 is 0 Å². The van der Waals surface area contributed by atoms with E-state index in [-0.39, 0.29) is 10.8 Å². The Morgan fingerprint density at radius 1 is 0.479 bits per heavy atom. The third-order valence-electron chi connectivity index (χ3n) is 13.6. The van der Waals surface area contributed by atoms with Crippen LogP contribution >= 0.6 is 0 Å². The molecule has 1 nitrogen and oxygen atoms in total. The lowest BCUT2D eigenvalue weighted by atomic mass is 9.43. The van der Waals surface area contributed by atoms with Crippen LogP contribution in [0.15, 0.2) is 127 Å². The first-order valence-corrected chi connectivity index (χ1v) is 18.3. The van der Waals surface area contributed by atoms with E-state index in [1.165, 1.54) is 93.3 Å². The fraction of sp³-hybridized carbons (Fsp3) is 0.277. The van der Waals surface area contributed by atoms with Gasteiger partial charge in [0.15, 0.2) is 0 Å². The fourth-order valence-corrected chi connectivity index (χ4v) is 11.9. The Kier molecular flexibility index (Phi) is 5.41. The summed E-state index contributed by atoms with van der Waals surface area (Å²) < 4.78 is 0. The number of hydrogen-bond acceptors (Lipinski definition) is 1. The first-order chi connectivity index (χ1) is 23.5. The van der Waals surface area contributed by atoms with E-state index in [9.17, 15) is 0 Å². The first kappa shape index (κ1) is 27.3. The molecule has 234 valence electrons. The van der Waals surface area contributed by atoms with E-state index in [0.29, 0.717) is 0 Å². The summed E-state index contributed by atoms with van der Waals surface area (Å²) in [4.78, 5) is 2.55. The van der Waals surface area contributed by atoms with Crippen molar-refractivity contribution in [3.63, 3.8) is 0 Å². The molecule has 0 atom stereocenters. The summed E-state index contributed by atoms with van der Waals surface area (Å²) in [6.07, 6.45) is 7.14. The first-order valence-electron chi connectivity index (χ1n) is 18.3. The third-order valence-corrected chi connectivity index (χ3v) is 13.6. The van der Waals surface area contributed by atoms with E-state index < -0.39 is 0 Å². The predicted molar refractivity (Wildman–Crippen MR) is 199 cm³/mol. The van der Waals surface area contributed by atoms with Crippen LogP contribution in [0.2, 0.25) is 0 Å². The van der Waals surface area contributed by atoms with Gasteiger partial charge >= 0.3 is 0 Å².